The minimum atomic E-state index is -3.51. The van der Waals surface area contributed by atoms with E-state index in [4.69, 9.17) is 5.26 Å². The van der Waals surface area contributed by atoms with Crippen LogP contribution in [0.1, 0.15) is 5.56 Å². The van der Waals surface area contributed by atoms with Crippen molar-refractivity contribution in [3.05, 3.63) is 53.2 Å². The molecule has 0 atom stereocenters. The predicted molar refractivity (Wildman–Crippen MR) is 72.0 cm³/mol. The van der Waals surface area contributed by atoms with Crippen LogP contribution in [0.4, 0.5) is 0 Å². The average molecular weight is 273 g/mol. The van der Waals surface area contributed by atoms with Crippen LogP contribution < -0.4 is 0 Å². The number of rotatable bonds is 3. The summed E-state index contributed by atoms with van der Waals surface area (Å²) in [6.45, 7) is 0. The van der Waals surface area contributed by atoms with Gasteiger partial charge in [0.15, 0.2) is 9.84 Å². The largest absolute Gasteiger partial charge is 0.240 e. The molecule has 0 amide bonds. The van der Waals surface area contributed by atoms with E-state index in [0.29, 0.717) is 5.56 Å². The number of hydrogen-bond acceptors (Lipinski definition) is 4. The first-order valence-electron chi connectivity index (χ1n) is 5.42. The van der Waals surface area contributed by atoms with Gasteiger partial charge in [-0.3, -0.25) is 0 Å². The highest BCUT2D eigenvalue weighted by atomic mass is 32.2. The number of benzene rings is 1. The van der Waals surface area contributed by atoms with Gasteiger partial charge in [-0.15, -0.1) is 0 Å². The maximum Gasteiger partial charge on any atom is 0.185 e. The SMILES string of the molecule is CS(=O)(=O)/C(C#N)=C/c1cnn(-c2ccccc2)c1. The highest BCUT2D eigenvalue weighted by molar-refractivity contribution is 7.95. The quantitative estimate of drug-likeness (QED) is 0.799. The molecule has 1 heterocycles. The van der Waals surface area contributed by atoms with Crippen molar-refractivity contribution in [2.45, 2.75) is 0 Å². The van der Waals surface area contributed by atoms with Crippen molar-refractivity contribution in [1.82, 2.24) is 9.78 Å². The summed E-state index contributed by atoms with van der Waals surface area (Å²) in [4.78, 5) is -0.278. The fraction of sp³-hybridized carbons (Fsp3) is 0.0769. The van der Waals surface area contributed by atoms with Crippen LogP contribution >= 0.6 is 0 Å². The normalized spacial score (nSPS) is 12.1. The first kappa shape index (κ1) is 13.1. The monoisotopic (exact) mass is 273 g/mol. The third-order valence-electron chi connectivity index (χ3n) is 2.43. The topological polar surface area (TPSA) is 75.8 Å². The lowest BCUT2D eigenvalue weighted by Gasteiger charge is -1.98. The van der Waals surface area contributed by atoms with Crippen molar-refractivity contribution in [3.8, 4) is 11.8 Å². The smallest absolute Gasteiger partial charge is 0.185 e. The molecule has 1 aromatic heterocycles. The summed E-state index contributed by atoms with van der Waals surface area (Å²) >= 11 is 0. The summed E-state index contributed by atoms with van der Waals surface area (Å²) in [5, 5.41) is 12.9. The van der Waals surface area contributed by atoms with Gasteiger partial charge in [0, 0.05) is 18.0 Å². The van der Waals surface area contributed by atoms with Crippen LogP contribution in [0.2, 0.25) is 0 Å². The molecule has 2 rings (SSSR count). The summed E-state index contributed by atoms with van der Waals surface area (Å²) < 4.78 is 24.3. The van der Waals surface area contributed by atoms with E-state index in [1.165, 1.54) is 12.3 Å². The maximum atomic E-state index is 11.3. The van der Waals surface area contributed by atoms with Gasteiger partial charge in [0.2, 0.25) is 0 Å². The van der Waals surface area contributed by atoms with Gasteiger partial charge >= 0.3 is 0 Å². The summed E-state index contributed by atoms with van der Waals surface area (Å²) in [6, 6.07) is 11.1. The molecule has 0 bridgehead atoms. The summed E-state index contributed by atoms with van der Waals surface area (Å²) in [6.07, 6.45) is 5.48. The van der Waals surface area contributed by atoms with Gasteiger partial charge in [0.25, 0.3) is 0 Å². The summed E-state index contributed by atoms with van der Waals surface area (Å²) in [5.74, 6) is 0. The highest BCUT2D eigenvalue weighted by Gasteiger charge is 2.11. The molecule has 2 aromatic rings. The Morgan fingerprint density at radius 1 is 1.37 bits per heavy atom. The number of sulfone groups is 1. The zero-order valence-electron chi connectivity index (χ0n) is 10.2. The van der Waals surface area contributed by atoms with Crippen LogP contribution in [0.5, 0.6) is 0 Å². The Hall–Kier alpha value is -2.39. The number of nitriles is 1. The lowest BCUT2D eigenvalue weighted by atomic mass is 10.3. The van der Waals surface area contributed by atoms with Crippen LogP contribution in [0.3, 0.4) is 0 Å². The Bertz CT molecular complexity index is 753. The van der Waals surface area contributed by atoms with Gasteiger partial charge in [-0.2, -0.15) is 10.4 Å². The van der Waals surface area contributed by atoms with Gasteiger partial charge in [-0.05, 0) is 18.2 Å². The Balaban J connectivity index is 2.38. The third kappa shape index (κ3) is 3.09. The lowest BCUT2D eigenvalue weighted by molar-refractivity contribution is 0.609. The molecular formula is C13H11N3O2S. The molecule has 0 radical (unpaired) electrons. The second-order valence-electron chi connectivity index (χ2n) is 3.95. The number of hydrogen-bond donors (Lipinski definition) is 0. The molecule has 0 aliphatic rings. The van der Waals surface area contributed by atoms with Crippen LogP contribution in [-0.2, 0) is 9.84 Å². The second kappa shape index (κ2) is 5.08. The predicted octanol–water partition coefficient (Wildman–Crippen LogP) is 1.78. The number of allylic oxidation sites excluding steroid dienone is 1. The maximum absolute atomic E-state index is 11.3. The zero-order valence-corrected chi connectivity index (χ0v) is 11.0. The molecule has 6 heteroatoms. The van der Waals surface area contributed by atoms with E-state index in [9.17, 15) is 8.42 Å². The average Bonchev–Trinajstić information content (AvgIpc) is 2.84. The fourth-order valence-corrected chi connectivity index (χ4v) is 2.02. The van der Waals surface area contributed by atoms with Crippen LogP contribution in [0, 0.1) is 11.3 Å². The lowest BCUT2D eigenvalue weighted by Crippen LogP contribution is -1.98. The van der Waals surface area contributed by atoms with Crippen molar-refractivity contribution in [2.24, 2.45) is 0 Å². The first-order chi connectivity index (χ1) is 9.00. The van der Waals surface area contributed by atoms with Crippen molar-refractivity contribution >= 4 is 15.9 Å². The van der Waals surface area contributed by atoms with Gasteiger partial charge in [-0.1, -0.05) is 18.2 Å². The fourth-order valence-electron chi connectivity index (χ4n) is 1.51. The van der Waals surface area contributed by atoms with E-state index in [0.717, 1.165) is 11.9 Å². The van der Waals surface area contributed by atoms with Gasteiger partial charge in [0.1, 0.15) is 11.0 Å². The van der Waals surface area contributed by atoms with Crippen LogP contribution in [-0.4, -0.2) is 24.5 Å². The molecule has 5 nitrogen and oxygen atoms in total. The van der Waals surface area contributed by atoms with Gasteiger partial charge in [-0.25, -0.2) is 13.1 Å². The summed E-state index contributed by atoms with van der Waals surface area (Å²) in [5.41, 5.74) is 1.42. The Kier molecular flexibility index (Phi) is 3.49. The number of nitrogens with zero attached hydrogens (tertiary/aromatic N) is 3. The molecule has 0 aliphatic heterocycles. The molecule has 0 saturated carbocycles. The van der Waals surface area contributed by atoms with E-state index < -0.39 is 9.84 Å². The number of aromatic nitrogens is 2. The van der Waals surface area contributed by atoms with Crippen LogP contribution in [0.25, 0.3) is 11.8 Å². The minimum Gasteiger partial charge on any atom is -0.240 e. The standard InChI is InChI=1S/C13H11N3O2S/c1-19(17,18)13(8-14)7-11-9-15-16(10-11)12-5-3-2-4-6-12/h2-7,9-10H,1H3/b13-7+. The van der Waals surface area contributed by atoms with Crippen molar-refractivity contribution in [3.63, 3.8) is 0 Å². The Labute approximate surface area is 111 Å². The molecule has 0 aliphatic carbocycles. The highest BCUT2D eigenvalue weighted by Crippen LogP contribution is 2.13. The molecule has 0 N–H and O–H groups in total. The molecule has 0 unspecified atom stereocenters. The zero-order chi connectivity index (χ0) is 13.9. The Morgan fingerprint density at radius 2 is 2.05 bits per heavy atom. The van der Waals surface area contributed by atoms with E-state index >= 15 is 0 Å². The molecule has 19 heavy (non-hydrogen) atoms. The van der Waals surface area contributed by atoms with Gasteiger partial charge in [0.05, 0.1) is 11.9 Å². The van der Waals surface area contributed by atoms with Gasteiger partial charge < -0.3 is 0 Å². The van der Waals surface area contributed by atoms with Crippen molar-refractivity contribution < 1.29 is 8.42 Å². The van der Waals surface area contributed by atoms with E-state index in [1.807, 2.05) is 30.3 Å². The molecule has 0 fully saturated rings. The molecule has 1 aromatic carbocycles. The molecule has 96 valence electrons. The first-order valence-corrected chi connectivity index (χ1v) is 7.32. The summed E-state index contributed by atoms with van der Waals surface area (Å²) in [7, 11) is -3.51. The third-order valence-corrected chi connectivity index (χ3v) is 3.44. The van der Waals surface area contributed by atoms with Crippen molar-refractivity contribution in [1.29, 1.82) is 5.26 Å². The van der Waals surface area contributed by atoms with E-state index in [-0.39, 0.29) is 4.91 Å². The molecule has 0 saturated heterocycles. The van der Waals surface area contributed by atoms with Crippen molar-refractivity contribution in [2.75, 3.05) is 6.26 Å². The Morgan fingerprint density at radius 3 is 2.63 bits per heavy atom. The van der Waals surface area contributed by atoms with E-state index in [2.05, 4.69) is 5.10 Å². The van der Waals surface area contributed by atoms with Crippen LogP contribution in [0.15, 0.2) is 47.6 Å². The molecule has 0 spiro atoms. The molecular weight excluding hydrogens is 262 g/mol. The number of para-hydroxylation sites is 1. The minimum absolute atomic E-state index is 0.278. The second-order valence-corrected chi connectivity index (χ2v) is 5.93. The van der Waals surface area contributed by atoms with E-state index in [1.54, 1.807) is 16.9 Å².